The molecule has 0 aromatic carbocycles. The molecule has 1 rings (SSSR count). The summed E-state index contributed by atoms with van der Waals surface area (Å²) in [5, 5.41) is 0. The minimum Gasteiger partial charge on any atom is -0.291 e. The van der Waals surface area contributed by atoms with Gasteiger partial charge in [0.1, 0.15) is 0 Å². The molecule has 0 aliphatic heterocycles. The van der Waals surface area contributed by atoms with Crippen LogP contribution in [0.15, 0.2) is 0 Å². The Morgan fingerprint density at radius 2 is 2.20 bits per heavy atom. The summed E-state index contributed by atoms with van der Waals surface area (Å²) in [4.78, 5) is 10.5. The third-order valence-electron chi connectivity index (χ3n) is 2.52. The van der Waals surface area contributed by atoms with Crippen LogP contribution in [0.1, 0.15) is 33.1 Å². The van der Waals surface area contributed by atoms with E-state index in [4.69, 9.17) is 0 Å². The Morgan fingerprint density at radius 3 is 2.50 bits per heavy atom. The lowest BCUT2D eigenvalue weighted by Crippen LogP contribution is -2.14. The van der Waals surface area contributed by atoms with Gasteiger partial charge in [-0.05, 0) is 24.7 Å². The zero-order chi connectivity index (χ0) is 7.56. The second-order valence-electron chi connectivity index (χ2n) is 3.37. The summed E-state index contributed by atoms with van der Waals surface area (Å²) < 4.78 is 0. The molecule has 10 heavy (non-hydrogen) atoms. The zero-order valence-corrected chi connectivity index (χ0v) is 6.76. The summed E-state index contributed by atoms with van der Waals surface area (Å²) in [6.45, 7) is 4.28. The van der Waals surface area contributed by atoms with Crippen molar-refractivity contribution in [3.8, 4) is 0 Å². The topological polar surface area (TPSA) is 17.1 Å². The third kappa shape index (κ3) is 1.59. The van der Waals surface area contributed by atoms with Crippen molar-refractivity contribution in [1.82, 2.24) is 0 Å². The van der Waals surface area contributed by atoms with E-state index in [2.05, 4.69) is 20.1 Å². The monoisotopic (exact) mass is 139 g/mol. The van der Waals surface area contributed by atoms with Gasteiger partial charge in [-0.15, -0.1) is 0 Å². The van der Waals surface area contributed by atoms with Crippen molar-refractivity contribution in [3.05, 3.63) is 0 Å². The van der Waals surface area contributed by atoms with E-state index in [0.717, 1.165) is 6.42 Å². The van der Waals surface area contributed by atoms with Gasteiger partial charge in [0.05, 0.1) is 0 Å². The summed E-state index contributed by atoms with van der Waals surface area (Å²) in [5.74, 6) is 1.47. The molecule has 1 saturated carbocycles. The molecular formula is C9H15O. The molecule has 1 aliphatic rings. The predicted octanol–water partition coefficient (Wildman–Crippen LogP) is 2.17. The van der Waals surface area contributed by atoms with Crippen molar-refractivity contribution in [2.45, 2.75) is 33.1 Å². The first kappa shape index (κ1) is 7.77. The molecule has 0 N–H and O–H groups in total. The Hall–Kier alpha value is -0.330. The van der Waals surface area contributed by atoms with Crippen LogP contribution in [-0.4, -0.2) is 6.29 Å². The van der Waals surface area contributed by atoms with Crippen molar-refractivity contribution in [2.24, 2.45) is 17.8 Å². The Kier molecular flexibility index (Phi) is 2.47. The summed E-state index contributed by atoms with van der Waals surface area (Å²) in [5.41, 5.74) is 0. The van der Waals surface area contributed by atoms with Gasteiger partial charge in [0.15, 0.2) is 0 Å². The van der Waals surface area contributed by atoms with Crippen LogP contribution >= 0.6 is 0 Å². The molecule has 2 atom stereocenters. The fourth-order valence-electron chi connectivity index (χ4n) is 1.39. The van der Waals surface area contributed by atoms with E-state index in [9.17, 15) is 4.79 Å². The average Bonchev–Trinajstić information content (AvgIpc) is 2.73. The molecule has 0 heterocycles. The normalized spacial score (nSPS) is 23.8. The molecule has 1 heteroatoms. The van der Waals surface area contributed by atoms with Crippen LogP contribution in [0.2, 0.25) is 0 Å². The van der Waals surface area contributed by atoms with Crippen molar-refractivity contribution >= 4 is 6.29 Å². The number of hydrogen-bond donors (Lipinski definition) is 0. The van der Waals surface area contributed by atoms with Gasteiger partial charge >= 0.3 is 0 Å². The highest BCUT2D eigenvalue weighted by atomic mass is 16.1. The summed E-state index contributed by atoms with van der Waals surface area (Å²) >= 11 is 0. The van der Waals surface area contributed by atoms with Crippen molar-refractivity contribution in [2.75, 3.05) is 0 Å². The van der Waals surface area contributed by atoms with E-state index >= 15 is 0 Å². The molecule has 0 aromatic rings. The van der Waals surface area contributed by atoms with E-state index in [0.29, 0.717) is 11.8 Å². The predicted molar refractivity (Wildman–Crippen MR) is 41.4 cm³/mol. The number of hydrogen-bond acceptors (Lipinski definition) is 1. The summed E-state index contributed by atoms with van der Waals surface area (Å²) in [7, 11) is 0. The number of carbonyl (C=O) groups excluding carboxylic acids is 1. The minimum absolute atomic E-state index is 0.241. The fraction of sp³-hybridized carbons (Fsp3) is 0.889. The van der Waals surface area contributed by atoms with E-state index in [1.807, 2.05) is 0 Å². The van der Waals surface area contributed by atoms with Gasteiger partial charge in [0, 0.05) is 5.92 Å². The van der Waals surface area contributed by atoms with Gasteiger partial charge in [0.25, 0.3) is 0 Å². The molecule has 0 amide bonds. The first-order chi connectivity index (χ1) is 4.79. The lowest BCUT2D eigenvalue weighted by atomic mass is 9.89. The number of rotatable bonds is 4. The van der Waals surface area contributed by atoms with Gasteiger partial charge < -0.3 is 0 Å². The van der Waals surface area contributed by atoms with Gasteiger partial charge in [-0.1, -0.05) is 20.3 Å². The molecule has 1 fully saturated rings. The molecule has 1 nitrogen and oxygen atoms in total. The highest BCUT2D eigenvalue weighted by Gasteiger charge is 2.34. The van der Waals surface area contributed by atoms with Gasteiger partial charge in [0.2, 0.25) is 6.29 Å². The summed E-state index contributed by atoms with van der Waals surface area (Å²) in [6, 6.07) is 0. The van der Waals surface area contributed by atoms with Crippen molar-refractivity contribution in [1.29, 1.82) is 0 Å². The first-order valence-corrected chi connectivity index (χ1v) is 4.17. The minimum atomic E-state index is 0.241. The molecule has 0 saturated heterocycles. The van der Waals surface area contributed by atoms with Gasteiger partial charge in [-0.2, -0.15) is 0 Å². The van der Waals surface area contributed by atoms with E-state index in [1.165, 1.54) is 12.8 Å². The second kappa shape index (κ2) is 3.18. The lowest BCUT2D eigenvalue weighted by Gasteiger charge is -2.14. The maximum Gasteiger partial charge on any atom is 0.202 e. The SMILES string of the molecule is CCC(C)C([C]=O)C1CC1. The average molecular weight is 139 g/mol. The highest BCUT2D eigenvalue weighted by molar-refractivity contribution is 5.56. The van der Waals surface area contributed by atoms with E-state index < -0.39 is 0 Å². The molecule has 0 spiro atoms. The molecular weight excluding hydrogens is 124 g/mol. The molecule has 0 bridgehead atoms. The third-order valence-corrected chi connectivity index (χ3v) is 2.52. The van der Waals surface area contributed by atoms with Crippen LogP contribution in [0.4, 0.5) is 0 Å². The van der Waals surface area contributed by atoms with Crippen LogP contribution in [-0.2, 0) is 4.79 Å². The summed E-state index contributed by atoms with van der Waals surface area (Å²) in [6.07, 6.45) is 5.78. The fourth-order valence-corrected chi connectivity index (χ4v) is 1.39. The quantitative estimate of drug-likeness (QED) is 0.583. The lowest BCUT2D eigenvalue weighted by molar-refractivity contribution is 0.378. The smallest absolute Gasteiger partial charge is 0.202 e. The van der Waals surface area contributed by atoms with E-state index in [1.54, 1.807) is 0 Å². The van der Waals surface area contributed by atoms with Gasteiger partial charge in [-0.3, -0.25) is 4.79 Å². The Labute approximate surface area is 62.8 Å². The first-order valence-electron chi connectivity index (χ1n) is 4.17. The van der Waals surface area contributed by atoms with Crippen molar-refractivity contribution in [3.63, 3.8) is 0 Å². The Morgan fingerprint density at radius 1 is 1.60 bits per heavy atom. The Bertz CT molecular complexity index is 116. The van der Waals surface area contributed by atoms with Gasteiger partial charge in [-0.25, -0.2) is 0 Å². The second-order valence-corrected chi connectivity index (χ2v) is 3.37. The largest absolute Gasteiger partial charge is 0.291 e. The standard InChI is InChI=1S/C9H15O/c1-3-7(2)9(6-10)8-4-5-8/h7-9H,3-5H2,1-2H3. The molecule has 0 aromatic heterocycles. The molecule has 2 unspecified atom stereocenters. The Balaban J connectivity index is 2.37. The maximum atomic E-state index is 10.5. The molecule has 57 valence electrons. The zero-order valence-electron chi connectivity index (χ0n) is 6.76. The van der Waals surface area contributed by atoms with Crippen LogP contribution in [0, 0.1) is 17.8 Å². The van der Waals surface area contributed by atoms with Crippen LogP contribution in [0.5, 0.6) is 0 Å². The highest BCUT2D eigenvalue weighted by Crippen LogP contribution is 2.40. The molecule has 1 radical (unpaired) electrons. The maximum absolute atomic E-state index is 10.5. The van der Waals surface area contributed by atoms with Crippen molar-refractivity contribution < 1.29 is 4.79 Å². The van der Waals surface area contributed by atoms with Crippen LogP contribution in [0.3, 0.4) is 0 Å². The van der Waals surface area contributed by atoms with Crippen LogP contribution < -0.4 is 0 Å². The molecule has 1 aliphatic carbocycles. The van der Waals surface area contributed by atoms with E-state index in [-0.39, 0.29) is 5.92 Å². The van der Waals surface area contributed by atoms with Crippen LogP contribution in [0.25, 0.3) is 0 Å².